The number of amides is 1. The maximum Gasteiger partial charge on any atom is 0.264 e. The standard InChI is InChI=1S/C13H17N3O2S/c1-7(2)11-9-4-10(19-13(9)15(3)14-11)12(18)16-5-8(17)6-16/h4,7-8,17H,5-6H2,1-3H3. The lowest BCUT2D eigenvalue weighted by atomic mass is 10.1. The van der Waals surface area contributed by atoms with Crippen molar-refractivity contribution < 1.29 is 9.90 Å². The van der Waals surface area contributed by atoms with Crippen LogP contribution in [0.1, 0.15) is 35.1 Å². The molecule has 1 amide bonds. The smallest absolute Gasteiger partial charge is 0.264 e. The SMILES string of the molecule is CC(C)c1nn(C)c2sc(C(=O)N3CC(O)C3)cc12. The number of carbonyl (C=O) groups excluding carboxylic acids is 1. The van der Waals surface area contributed by atoms with Gasteiger partial charge >= 0.3 is 0 Å². The van der Waals surface area contributed by atoms with Crippen LogP contribution < -0.4 is 0 Å². The van der Waals surface area contributed by atoms with Gasteiger partial charge in [0.2, 0.25) is 0 Å². The molecule has 3 rings (SSSR count). The molecule has 0 spiro atoms. The third-order valence-corrected chi connectivity index (χ3v) is 4.64. The van der Waals surface area contributed by atoms with Crippen LogP contribution in [0.5, 0.6) is 0 Å². The summed E-state index contributed by atoms with van der Waals surface area (Å²) in [5.41, 5.74) is 1.04. The molecule has 5 nitrogen and oxygen atoms in total. The van der Waals surface area contributed by atoms with Gasteiger partial charge in [-0.25, -0.2) is 0 Å². The third-order valence-electron chi connectivity index (χ3n) is 3.45. The summed E-state index contributed by atoms with van der Waals surface area (Å²) in [6.45, 7) is 5.10. The predicted octanol–water partition coefficient (Wildman–Crippen LogP) is 1.57. The van der Waals surface area contributed by atoms with Gasteiger partial charge in [-0.15, -0.1) is 11.3 Å². The van der Waals surface area contributed by atoms with E-state index in [1.165, 1.54) is 11.3 Å². The summed E-state index contributed by atoms with van der Waals surface area (Å²) < 4.78 is 1.84. The molecule has 1 aliphatic rings. The maximum atomic E-state index is 12.2. The van der Waals surface area contributed by atoms with Crippen molar-refractivity contribution >= 4 is 27.5 Å². The van der Waals surface area contributed by atoms with E-state index >= 15 is 0 Å². The van der Waals surface area contributed by atoms with Gasteiger partial charge in [0.05, 0.1) is 16.7 Å². The molecule has 3 heterocycles. The van der Waals surface area contributed by atoms with Crippen molar-refractivity contribution in [3.05, 3.63) is 16.6 Å². The van der Waals surface area contributed by atoms with Crippen molar-refractivity contribution in [2.24, 2.45) is 7.05 Å². The number of aliphatic hydroxyl groups excluding tert-OH is 1. The van der Waals surface area contributed by atoms with E-state index < -0.39 is 0 Å². The zero-order valence-electron chi connectivity index (χ0n) is 11.3. The van der Waals surface area contributed by atoms with Gasteiger partial charge in [0.1, 0.15) is 4.83 Å². The predicted molar refractivity (Wildman–Crippen MR) is 74.6 cm³/mol. The van der Waals surface area contributed by atoms with Crippen LogP contribution >= 0.6 is 11.3 Å². The second kappa shape index (κ2) is 4.31. The van der Waals surface area contributed by atoms with E-state index in [2.05, 4.69) is 18.9 Å². The molecule has 0 aromatic carbocycles. The average molecular weight is 279 g/mol. The Hall–Kier alpha value is -1.40. The molecule has 0 bridgehead atoms. The number of aryl methyl sites for hydroxylation is 1. The minimum atomic E-state index is -0.355. The van der Waals surface area contributed by atoms with Gasteiger partial charge in [-0.1, -0.05) is 13.8 Å². The summed E-state index contributed by atoms with van der Waals surface area (Å²) in [4.78, 5) is 15.7. The van der Waals surface area contributed by atoms with Crippen LogP contribution in [0.25, 0.3) is 10.2 Å². The number of β-amino-alcohol motifs (C(OH)–C–C–N with tert-alkyl or cyclic N) is 1. The molecular formula is C13H17N3O2S. The van der Waals surface area contributed by atoms with Crippen LogP contribution in [0.4, 0.5) is 0 Å². The van der Waals surface area contributed by atoms with Gasteiger partial charge in [-0.3, -0.25) is 9.48 Å². The Bertz CT molecular complexity index is 638. The Labute approximate surface area is 115 Å². The topological polar surface area (TPSA) is 58.4 Å². The number of carbonyl (C=O) groups is 1. The molecular weight excluding hydrogens is 262 g/mol. The van der Waals surface area contributed by atoms with Crippen molar-refractivity contribution in [2.75, 3.05) is 13.1 Å². The molecule has 0 aliphatic carbocycles. The van der Waals surface area contributed by atoms with Crippen LogP contribution in [0.2, 0.25) is 0 Å². The number of hydrogen-bond donors (Lipinski definition) is 1. The first-order chi connectivity index (χ1) is 8.97. The number of aromatic nitrogens is 2. The number of nitrogens with zero attached hydrogens (tertiary/aromatic N) is 3. The molecule has 102 valence electrons. The van der Waals surface area contributed by atoms with Gasteiger partial charge in [-0.2, -0.15) is 5.10 Å². The summed E-state index contributed by atoms with van der Waals surface area (Å²) in [7, 11) is 1.91. The van der Waals surface area contributed by atoms with E-state index in [4.69, 9.17) is 0 Å². The molecule has 0 radical (unpaired) electrons. The fourth-order valence-electron chi connectivity index (χ4n) is 2.38. The maximum absolute atomic E-state index is 12.2. The van der Waals surface area contributed by atoms with E-state index in [9.17, 15) is 9.90 Å². The van der Waals surface area contributed by atoms with Crippen molar-refractivity contribution in [1.29, 1.82) is 0 Å². The fourth-order valence-corrected chi connectivity index (χ4v) is 3.42. The summed E-state index contributed by atoms with van der Waals surface area (Å²) in [5.74, 6) is 0.355. The number of aliphatic hydroxyl groups is 1. The van der Waals surface area contributed by atoms with Crippen molar-refractivity contribution in [1.82, 2.24) is 14.7 Å². The Morgan fingerprint density at radius 2 is 2.21 bits per heavy atom. The summed E-state index contributed by atoms with van der Waals surface area (Å²) >= 11 is 1.48. The normalized spacial score (nSPS) is 16.4. The summed E-state index contributed by atoms with van der Waals surface area (Å²) in [5, 5.41) is 14.8. The van der Waals surface area contributed by atoms with Gasteiger partial charge in [0.15, 0.2) is 0 Å². The van der Waals surface area contributed by atoms with Crippen LogP contribution in [-0.2, 0) is 7.05 Å². The summed E-state index contributed by atoms with van der Waals surface area (Å²) in [6, 6.07) is 1.94. The highest BCUT2D eigenvalue weighted by Crippen LogP contribution is 2.32. The lowest BCUT2D eigenvalue weighted by Gasteiger charge is -2.35. The molecule has 6 heteroatoms. The average Bonchev–Trinajstić information content (AvgIpc) is 2.85. The highest BCUT2D eigenvalue weighted by molar-refractivity contribution is 7.20. The number of hydrogen-bond acceptors (Lipinski definition) is 4. The molecule has 2 aromatic rings. The minimum absolute atomic E-state index is 0.0150. The van der Waals surface area contributed by atoms with Crippen molar-refractivity contribution in [3.8, 4) is 0 Å². The lowest BCUT2D eigenvalue weighted by molar-refractivity contribution is 0.00623. The van der Waals surface area contributed by atoms with Gasteiger partial charge < -0.3 is 10.0 Å². The Morgan fingerprint density at radius 3 is 2.79 bits per heavy atom. The first-order valence-electron chi connectivity index (χ1n) is 6.41. The second-order valence-corrected chi connectivity index (χ2v) is 6.39. The quantitative estimate of drug-likeness (QED) is 0.908. The summed E-state index contributed by atoms with van der Waals surface area (Å²) in [6.07, 6.45) is -0.355. The van der Waals surface area contributed by atoms with E-state index in [1.807, 2.05) is 17.8 Å². The molecule has 1 aliphatic heterocycles. The Balaban J connectivity index is 1.97. The number of rotatable bonds is 2. The van der Waals surface area contributed by atoms with E-state index in [0.29, 0.717) is 19.0 Å². The first-order valence-corrected chi connectivity index (χ1v) is 7.22. The highest BCUT2D eigenvalue weighted by Gasteiger charge is 2.31. The monoisotopic (exact) mass is 279 g/mol. The van der Waals surface area contributed by atoms with Crippen LogP contribution in [0.3, 0.4) is 0 Å². The van der Waals surface area contributed by atoms with E-state index in [0.717, 1.165) is 20.8 Å². The first kappa shape index (κ1) is 12.6. The molecule has 0 saturated carbocycles. The zero-order chi connectivity index (χ0) is 13.7. The van der Waals surface area contributed by atoms with E-state index in [-0.39, 0.29) is 12.0 Å². The highest BCUT2D eigenvalue weighted by atomic mass is 32.1. The van der Waals surface area contributed by atoms with Crippen LogP contribution in [0.15, 0.2) is 6.07 Å². The van der Waals surface area contributed by atoms with Crippen molar-refractivity contribution in [3.63, 3.8) is 0 Å². The van der Waals surface area contributed by atoms with Crippen LogP contribution in [0, 0.1) is 0 Å². The minimum Gasteiger partial charge on any atom is -0.389 e. The molecule has 1 fully saturated rings. The van der Waals surface area contributed by atoms with Gasteiger partial charge in [0, 0.05) is 25.5 Å². The molecule has 0 unspecified atom stereocenters. The molecule has 2 aromatic heterocycles. The van der Waals surface area contributed by atoms with Crippen molar-refractivity contribution in [2.45, 2.75) is 25.9 Å². The largest absolute Gasteiger partial charge is 0.389 e. The Kier molecular flexibility index (Phi) is 2.87. The fraction of sp³-hybridized carbons (Fsp3) is 0.538. The number of fused-ring (bicyclic) bond motifs is 1. The van der Waals surface area contributed by atoms with Gasteiger partial charge in [0.25, 0.3) is 5.91 Å². The van der Waals surface area contributed by atoms with Crippen LogP contribution in [-0.4, -0.2) is 44.9 Å². The molecule has 0 atom stereocenters. The van der Waals surface area contributed by atoms with Gasteiger partial charge in [-0.05, 0) is 12.0 Å². The number of likely N-dealkylation sites (tertiary alicyclic amines) is 1. The molecule has 1 saturated heterocycles. The number of thiophene rings is 1. The van der Waals surface area contributed by atoms with E-state index in [1.54, 1.807) is 4.90 Å². The third kappa shape index (κ3) is 1.95. The molecule has 19 heavy (non-hydrogen) atoms. The Morgan fingerprint density at radius 1 is 1.53 bits per heavy atom. The zero-order valence-corrected chi connectivity index (χ0v) is 12.1. The lowest BCUT2D eigenvalue weighted by Crippen LogP contribution is -2.53. The second-order valence-electron chi connectivity index (χ2n) is 5.36. The molecule has 1 N–H and O–H groups in total.